The van der Waals surface area contributed by atoms with Crippen LogP contribution in [0.2, 0.25) is 0 Å². The molecule has 0 aliphatic rings. The van der Waals surface area contributed by atoms with Gasteiger partial charge in [0.05, 0.1) is 0 Å². The van der Waals surface area contributed by atoms with Gasteiger partial charge in [-0.05, 0) is 31.2 Å². The highest BCUT2D eigenvalue weighted by Gasteiger charge is 2.10. The topological polar surface area (TPSA) is 41.1 Å². The van der Waals surface area contributed by atoms with Crippen molar-refractivity contribution in [1.29, 1.82) is 0 Å². The molecule has 0 radical (unpaired) electrons. The van der Waals surface area contributed by atoms with Gasteiger partial charge in [0, 0.05) is 36.2 Å². The van der Waals surface area contributed by atoms with Crippen molar-refractivity contribution in [3.63, 3.8) is 0 Å². The van der Waals surface area contributed by atoms with Gasteiger partial charge in [0.1, 0.15) is 5.82 Å². The molecule has 6 heteroatoms. The van der Waals surface area contributed by atoms with Crippen LogP contribution in [0.25, 0.3) is 0 Å². The molecule has 4 nitrogen and oxygen atoms in total. The number of halogens is 2. The quantitative estimate of drug-likeness (QED) is 0.762. The highest BCUT2D eigenvalue weighted by molar-refractivity contribution is 5.62. The monoisotopic (exact) mass is 326 g/mol. The summed E-state index contributed by atoms with van der Waals surface area (Å²) in [5, 5.41) is 2.90. The molecule has 0 saturated heterocycles. The Morgan fingerprint density at radius 1 is 0.917 bits per heavy atom. The maximum Gasteiger partial charge on any atom is 0.229 e. The molecular weight excluding hydrogens is 310 g/mol. The summed E-state index contributed by atoms with van der Waals surface area (Å²) < 4.78 is 26.3. The Morgan fingerprint density at radius 2 is 1.67 bits per heavy atom. The molecule has 1 heterocycles. The summed E-state index contributed by atoms with van der Waals surface area (Å²) in [6.07, 6.45) is 0. The molecule has 1 N–H and O–H groups in total. The molecule has 3 rings (SSSR count). The van der Waals surface area contributed by atoms with Crippen molar-refractivity contribution in [2.75, 3.05) is 17.3 Å². The van der Waals surface area contributed by atoms with Crippen molar-refractivity contribution in [3.05, 3.63) is 71.9 Å². The third-order valence-corrected chi connectivity index (χ3v) is 3.50. The minimum absolute atomic E-state index is 0.318. The van der Waals surface area contributed by atoms with Crippen LogP contribution in [0.3, 0.4) is 0 Å². The van der Waals surface area contributed by atoms with Crippen LogP contribution in [0.1, 0.15) is 5.69 Å². The van der Waals surface area contributed by atoms with Crippen molar-refractivity contribution in [2.24, 2.45) is 0 Å². The summed E-state index contributed by atoms with van der Waals surface area (Å²) in [5.41, 5.74) is 2.12. The fraction of sp³-hybridized carbons (Fsp3) is 0.111. The van der Waals surface area contributed by atoms with E-state index in [1.165, 1.54) is 6.07 Å². The maximum absolute atomic E-state index is 13.3. The maximum atomic E-state index is 13.3. The summed E-state index contributed by atoms with van der Waals surface area (Å²) in [5.74, 6) is -0.804. The van der Waals surface area contributed by atoms with Gasteiger partial charge in [0.15, 0.2) is 11.6 Å². The van der Waals surface area contributed by atoms with Gasteiger partial charge in [-0.25, -0.2) is 13.8 Å². The fourth-order valence-electron chi connectivity index (χ4n) is 2.27. The molecule has 0 atom stereocenters. The Hall–Kier alpha value is -3.02. The molecule has 0 fully saturated rings. The first kappa shape index (κ1) is 15.9. The lowest BCUT2D eigenvalue weighted by atomic mass is 10.3. The molecule has 0 aliphatic carbocycles. The van der Waals surface area contributed by atoms with E-state index in [2.05, 4.69) is 15.3 Å². The SMILES string of the molecule is Cc1cc(N(C)c2ccccc2)nc(Nc2ccc(F)c(F)c2)n1. The zero-order valence-corrected chi connectivity index (χ0v) is 13.3. The number of nitrogens with zero attached hydrogens (tertiary/aromatic N) is 3. The molecule has 0 spiro atoms. The van der Waals surface area contributed by atoms with Crippen molar-refractivity contribution in [3.8, 4) is 0 Å². The van der Waals surface area contributed by atoms with Crippen LogP contribution in [-0.2, 0) is 0 Å². The van der Waals surface area contributed by atoms with E-state index in [1.807, 2.05) is 55.3 Å². The van der Waals surface area contributed by atoms with Gasteiger partial charge in [0.25, 0.3) is 0 Å². The Kier molecular flexibility index (Phi) is 4.37. The standard InChI is InChI=1S/C18H16F2N4/c1-12-10-17(24(2)14-6-4-3-5-7-14)23-18(21-12)22-13-8-9-15(19)16(20)11-13/h3-11H,1-2H3,(H,21,22,23). The number of anilines is 4. The van der Waals surface area contributed by atoms with Crippen LogP contribution in [-0.4, -0.2) is 17.0 Å². The highest BCUT2D eigenvalue weighted by atomic mass is 19.2. The second-order valence-corrected chi connectivity index (χ2v) is 5.34. The predicted octanol–water partition coefficient (Wildman–Crippen LogP) is 4.57. The minimum Gasteiger partial charge on any atom is -0.329 e. The lowest BCUT2D eigenvalue weighted by Crippen LogP contribution is -2.13. The summed E-state index contributed by atoms with van der Waals surface area (Å²) >= 11 is 0. The largest absolute Gasteiger partial charge is 0.329 e. The smallest absolute Gasteiger partial charge is 0.229 e. The first-order valence-electron chi connectivity index (χ1n) is 7.39. The van der Waals surface area contributed by atoms with E-state index in [0.29, 0.717) is 17.5 Å². The highest BCUT2D eigenvalue weighted by Crippen LogP contribution is 2.24. The van der Waals surface area contributed by atoms with Gasteiger partial charge in [0.2, 0.25) is 5.95 Å². The van der Waals surface area contributed by atoms with E-state index in [9.17, 15) is 8.78 Å². The van der Waals surface area contributed by atoms with Crippen LogP contribution in [0.4, 0.5) is 31.9 Å². The molecular formula is C18H16F2N4. The van der Waals surface area contributed by atoms with E-state index in [-0.39, 0.29) is 0 Å². The Morgan fingerprint density at radius 3 is 2.38 bits per heavy atom. The molecule has 0 saturated carbocycles. The van der Waals surface area contributed by atoms with Crippen molar-refractivity contribution in [2.45, 2.75) is 6.92 Å². The number of para-hydroxylation sites is 1. The van der Waals surface area contributed by atoms with E-state index in [1.54, 1.807) is 0 Å². The molecule has 0 aliphatic heterocycles. The molecule has 0 amide bonds. The predicted molar refractivity (Wildman–Crippen MR) is 90.9 cm³/mol. The lowest BCUT2D eigenvalue weighted by molar-refractivity contribution is 0.509. The Balaban J connectivity index is 1.90. The number of rotatable bonds is 4. The van der Waals surface area contributed by atoms with E-state index in [4.69, 9.17) is 0 Å². The normalized spacial score (nSPS) is 10.5. The van der Waals surface area contributed by atoms with Crippen LogP contribution >= 0.6 is 0 Å². The summed E-state index contributed by atoms with van der Waals surface area (Å²) in [4.78, 5) is 10.7. The van der Waals surface area contributed by atoms with Crippen LogP contribution in [0.15, 0.2) is 54.6 Å². The minimum atomic E-state index is -0.922. The summed E-state index contributed by atoms with van der Waals surface area (Å²) in [7, 11) is 1.90. The van der Waals surface area contributed by atoms with Gasteiger partial charge < -0.3 is 10.2 Å². The molecule has 0 unspecified atom stereocenters. The van der Waals surface area contributed by atoms with Crippen LogP contribution in [0.5, 0.6) is 0 Å². The zero-order chi connectivity index (χ0) is 17.1. The van der Waals surface area contributed by atoms with Crippen molar-refractivity contribution >= 4 is 23.1 Å². The number of hydrogen-bond donors (Lipinski definition) is 1. The van der Waals surface area contributed by atoms with Crippen LogP contribution in [0, 0.1) is 18.6 Å². The average Bonchev–Trinajstić information content (AvgIpc) is 2.58. The number of benzene rings is 2. The Bertz CT molecular complexity index is 853. The van der Waals surface area contributed by atoms with Gasteiger partial charge in [-0.15, -0.1) is 0 Å². The molecule has 2 aromatic carbocycles. The lowest BCUT2D eigenvalue weighted by Gasteiger charge is -2.19. The molecule has 24 heavy (non-hydrogen) atoms. The second kappa shape index (κ2) is 6.62. The van der Waals surface area contributed by atoms with Gasteiger partial charge in [-0.2, -0.15) is 4.98 Å². The van der Waals surface area contributed by atoms with Gasteiger partial charge in [-0.3, -0.25) is 0 Å². The van der Waals surface area contributed by atoms with E-state index in [0.717, 1.165) is 23.5 Å². The Labute approximate surface area is 138 Å². The van der Waals surface area contributed by atoms with Gasteiger partial charge in [-0.1, -0.05) is 18.2 Å². The first-order valence-corrected chi connectivity index (χ1v) is 7.39. The van der Waals surface area contributed by atoms with Gasteiger partial charge >= 0.3 is 0 Å². The molecule has 1 aromatic heterocycles. The van der Waals surface area contributed by atoms with E-state index >= 15 is 0 Å². The van der Waals surface area contributed by atoms with Crippen molar-refractivity contribution < 1.29 is 8.78 Å². The van der Waals surface area contributed by atoms with Crippen molar-refractivity contribution in [1.82, 2.24) is 9.97 Å². The molecule has 3 aromatic rings. The summed E-state index contributed by atoms with van der Waals surface area (Å²) in [6, 6.07) is 15.2. The number of aryl methyl sites for hydroxylation is 1. The number of hydrogen-bond acceptors (Lipinski definition) is 4. The molecule has 122 valence electrons. The second-order valence-electron chi connectivity index (χ2n) is 5.34. The number of nitrogens with one attached hydrogen (secondary N) is 1. The molecule has 0 bridgehead atoms. The third-order valence-electron chi connectivity index (χ3n) is 3.50. The average molecular weight is 326 g/mol. The summed E-state index contributed by atoms with van der Waals surface area (Å²) in [6.45, 7) is 1.85. The van der Waals surface area contributed by atoms with E-state index < -0.39 is 11.6 Å². The number of aromatic nitrogens is 2. The zero-order valence-electron chi connectivity index (χ0n) is 13.3. The fourth-order valence-corrected chi connectivity index (χ4v) is 2.27. The first-order chi connectivity index (χ1) is 11.5. The third kappa shape index (κ3) is 3.48. The van der Waals surface area contributed by atoms with Crippen LogP contribution < -0.4 is 10.2 Å².